The molecule has 0 bridgehead atoms. The van der Waals surface area contributed by atoms with Crippen LogP contribution in [0.25, 0.3) is 0 Å². The molecular weight excluding hydrogens is 374 g/mol. The van der Waals surface area contributed by atoms with E-state index in [0.717, 1.165) is 49.5 Å². The van der Waals surface area contributed by atoms with E-state index in [-0.39, 0.29) is 0 Å². The van der Waals surface area contributed by atoms with Gasteiger partial charge in [-0.25, -0.2) is 0 Å². The second-order valence-corrected chi connectivity index (χ2v) is 7.58. The van der Waals surface area contributed by atoms with E-state index in [4.69, 9.17) is 9.47 Å². The van der Waals surface area contributed by atoms with Crippen molar-refractivity contribution in [3.63, 3.8) is 0 Å². The molecule has 4 rings (SSSR count). The number of hydrogen-bond donors (Lipinski definition) is 1. The molecule has 0 saturated carbocycles. The third-order valence-electron chi connectivity index (χ3n) is 5.84. The maximum atomic E-state index is 11.6. The van der Waals surface area contributed by atoms with Crippen LogP contribution in [-0.2, 0) is 14.9 Å². The summed E-state index contributed by atoms with van der Waals surface area (Å²) in [5, 5.41) is 11.6. The van der Waals surface area contributed by atoms with Gasteiger partial charge in [-0.3, -0.25) is 4.90 Å². The fourth-order valence-electron chi connectivity index (χ4n) is 4.27. The van der Waals surface area contributed by atoms with Crippen LogP contribution in [-0.4, -0.2) is 55.8 Å². The van der Waals surface area contributed by atoms with Crippen molar-refractivity contribution in [2.45, 2.75) is 11.7 Å². The molecule has 0 spiro atoms. The van der Waals surface area contributed by atoms with Crippen molar-refractivity contribution in [2.24, 2.45) is 0 Å². The monoisotopic (exact) mass is 403 g/mol. The van der Waals surface area contributed by atoms with E-state index in [9.17, 15) is 5.11 Å². The third-order valence-corrected chi connectivity index (χ3v) is 5.84. The normalized spacial score (nSPS) is 16.3. The van der Waals surface area contributed by atoms with Crippen molar-refractivity contribution in [3.8, 4) is 0 Å². The summed E-state index contributed by atoms with van der Waals surface area (Å²) in [6, 6.07) is 30.4. The van der Waals surface area contributed by atoms with Crippen LogP contribution < -0.4 is 0 Å². The molecule has 1 unspecified atom stereocenters. The van der Waals surface area contributed by atoms with E-state index in [1.54, 1.807) is 0 Å². The molecule has 0 radical (unpaired) electrons. The lowest BCUT2D eigenvalue weighted by Crippen LogP contribution is -2.45. The maximum Gasteiger partial charge on any atom is 0.172 e. The van der Waals surface area contributed by atoms with E-state index >= 15 is 0 Å². The van der Waals surface area contributed by atoms with Gasteiger partial charge >= 0.3 is 0 Å². The van der Waals surface area contributed by atoms with Crippen LogP contribution in [0.1, 0.15) is 16.7 Å². The highest BCUT2D eigenvalue weighted by Crippen LogP contribution is 2.42. The van der Waals surface area contributed by atoms with Gasteiger partial charge in [-0.15, -0.1) is 0 Å². The van der Waals surface area contributed by atoms with Crippen LogP contribution in [0, 0.1) is 0 Å². The summed E-state index contributed by atoms with van der Waals surface area (Å²) < 4.78 is 11.6. The van der Waals surface area contributed by atoms with Gasteiger partial charge in [0.05, 0.1) is 25.2 Å². The van der Waals surface area contributed by atoms with Crippen LogP contribution in [0.2, 0.25) is 0 Å². The average molecular weight is 404 g/mol. The number of aliphatic hydroxyl groups is 1. The van der Waals surface area contributed by atoms with E-state index in [1.807, 2.05) is 54.6 Å². The molecule has 1 aliphatic rings. The highest BCUT2D eigenvalue weighted by molar-refractivity contribution is 5.51. The molecule has 156 valence electrons. The Labute approximate surface area is 178 Å². The highest BCUT2D eigenvalue weighted by Gasteiger charge is 2.44. The SMILES string of the molecule is OC(OCCN1CCOCC1)C(c1ccccc1)(c1ccccc1)c1ccccc1. The third kappa shape index (κ3) is 4.32. The second-order valence-electron chi connectivity index (χ2n) is 7.58. The summed E-state index contributed by atoms with van der Waals surface area (Å²) in [6.45, 7) is 4.54. The first-order valence-electron chi connectivity index (χ1n) is 10.6. The number of nitrogens with zero attached hydrogens (tertiary/aromatic N) is 1. The van der Waals surface area contributed by atoms with Gasteiger partial charge in [0.15, 0.2) is 6.29 Å². The van der Waals surface area contributed by atoms with Crippen molar-refractivity contribution in [1.82, 2.24) is 4.90 Å². The van der Waals surface area contributed by atoms with Gasteiger partial charge in [0, 0.05) is 19.6 Å². The minimum absolute atomic E-state index is 0.454. The fraction of sp³-hybridized carbons (Fsp3) is 0.308. The summed E-state index contributed by atoms with van der Waals surface area (Å²) in [6.07, 6.45) is -1.04. The van der Waals surface area contributed by atoms with E-state index < -0.39 is 11.7 Å². The fourth-order valence-corrected chi connectivity index (χ4v) is 4.27. The largest absolute Gasteiger partial charge is 0.379 e. The zero-order chi connectivity index (χ0) is 20.7. The zero-order valence-corrected chi connectivity index (χ0v) is 17.2. The Bertz CT molecular complexity index is 783. The van der Waals surface area contributed by atoms with Gasteiger partial charge in [-0.05, 0) is 16.7 Å². The van der Waals surface area contributed by atoms with Gasteiger partial charge in [-0.2, -0.15) is 0 Å². The summed E-state index contributed by atoms with van der Waals surface area (Å²) in [5.41, 5.74) is 2.18. The Kier molecular flexibility index (Phi) is 6.92. The van der Waals surface area contributed by atoms with Crippen LogP contribution >= 0.6 is 0 Å². The molecule has 30 heavy (non-hydrogen) atoms. The molecule has 4 nitrogen and oxygen atoms in total. The molecule has 3 aromatic rings. The number of ether oxygens (including phenoxy) is 2. The molecule has 0 aliphatic carbocycles. The predicted molar refractivity (Wildman–Crippen MR) is 118 cm³/mol. The molecule has 1 N–H and O–H groups in total. The standard InChI is InChI=1S/C26H29NO3/c28-25(30-21-18-27-16-19-29-20-17-27)26(22-10-4-1-5-11-22,23-12-6-2-7-13-23)24-14-8-3-9-15-24/h1-15,25,28H,16-21H2. The van der Waals surface area contributed by atoms with E-state index in [2.05, 4.69) is 41.3 Å². The average Bonchev–Trinajstić information content (AvgIpc) is 2.82. The first-order valence-corrected chi connectivity index (χ1v) is 10.6. The van der Waals surface area contributed by atoms with E-state index in [0.29, 0.717) is 6.61 Å². The van der Waals surface area contributed by atoms with Crippen molar-refractivity contribution in [1.29, 1.82) is 0 Å². The van der Waals surface area contributed by atoms with Gasteiger partial charge in [0.25, 0.3) is 0 Å². The molecule has 1 fully saturated rings. The first-order chi connectivity index (χ1) is 14.8. The van der Waals surface area contributed by atoms with Crippen LogP contribution in [0.5, 0.6) is 0 Å². The Hall–Kier alpha value is -2.50. The molecule has 1 heterocycles. The number of aliphatic hydroxyl groups excluding tert-OH is 1. The molecular formula is C26H29NO3. The molecule has 1 aliphatic heterocycles. The zero-order valence-electron chi connectivity index (χ0n) is 17.2. The second kappa shape index (κ2) is 10.0. The van der Waals surface area contributed by atoms with Crippen molar-refractivity contribution >= 4 is 0 Å². The lowest BCUT2D eigenvalue weighted by atomic mass is 9.69. The predicted octanol–water partition coefficient (Wildman–Crippen LogP) is 3.69. The maximum absolute atomic E-state index is 11.6. The van der Waals surface area contributed by atoms with E-state index in [1.165, 1.54) is 0 Å². The van der Waals surface area contributed by atoms with Crippen molar-refractivity contribution in [3.05, 3.63) is 108 Å². The number of morpholine rings is 1. The summed E-state index contributed by atoms with van der Waals surface area (Å²) in [7, 11) is 0. The van der Waals surface area contributed by atoms with Gasteiger partial charge < -0.3 is 14.6 Å². The first kappa shape index (κ1) is 20.8. The summed E-state index contributed by atoms with van der Waals surface area (Å²) in [4.78, 5) is 2.31. The number of benzene rings is 3. The lowest BCUT2D eigenvalue weighted by molar-refractivity contribution is -0.132. The molecule has 1 saturated heterocycles. The molecule has 0 aromatic heterocycles. The minimum atomic E-state index is -1.04. The lowest BCUT2D eigenvalue weighted by Gasteiger charge is -2.40. The molecule has 4 heteroatoms. The van der Waals surface area contributed by atoms with Crippen molar-refractivity contribution < 1.29 is 14.6 Å². The Morgan fingerprint density at radius 2 is 1.20 bits per heavy atom. The van der Waals surface area contributed by atoms with Crippen molar-refractivity contribution in [2.75, 3.05) is 39.5 Å². The number of rotatable bonds is 8. The summed E-state index contributed by atoms with van der Waals surface area (Å²) in [5.74, 6) is 0. The Morgan fingerprint density at radius 1 is 0.767 bits per heavy atom. The van der Waals surface area contributed by atoms with Gasteiger partial charge in [-0.1, -0.05) is 91.0 Å². The van der Waals surface area contributed by atoms with Crippen LogP contribution in [0.3, 0.4) is 0 Å². The number of hydrogen-bond acceptors (Lipinski definition) is 4. The van der Waals surface area contributed by atoms with Gasteiger partial charge in [0.1, 0.15) is 0 Å². The summed E-state index contributed by atoms with van der Waals surface area (Å²) >= 11 is 0. The van der Waals surface area contributed by atoms with Crippen LogP contribution in [0.4, 0.5) is 0 Å². The minimum Gasteiger partial charge on any atom is -0.379 e. The molecule has 3 aromatic carbocycles. The Morgan fingerprint density at radius 3 is 1.63 bits per heavy atom. The highest BCUT2D eigenvalue weighted by atomic mass is 16.6. The quantitative estimate of drug-likeness (QED) is 0.460. The molecule has 0 amide bonds. The van der Waals surface area contributed by atoms with Crippen LogP contribution in [0.15, 0.2) is 91.0 Å². The topological polar surface area (TPSA) is 41.9 Å². The molecule has 1 atom stereocenters. The smallest absolute Gasteiger partial charge is 0.172 e. The van der Waals surface area contributed by atoms with Gasteiger partial charge in [0.2, 0.25) is 0 Å². The Balaban J connectivity index is 1.70.